The van der Waals surface area contributed by atoms with Gasteiger partial charge in [-0.05, 0) is 31.6 Å². The van der Waals surface area contributed by atoms with Crippen molar-refractivity contribution < 1.29 is 5.11 Å². The third-order valence-electron chi connectivity index (χ3n) is 5.42. The molecule has 4 rings (SSSR count). The highest BCUT2D eigenvalue weighted by Gasteiger charge is 2.29. The number of nitrogens with one attached hydrogen (secondary N) is 1. The molecule has 1 unspecified atom stereocenters. The molecule has 1 aromatic carbocycles. The van der Waals surface area contributed by atoms with Crippen molar-refractivity contribution >= 4 is 0 Å². The van der Waals surface area contributed by atoms with Crippen LogP contribution in [0.5, 0.6) is 0 Å². The van der Waals surface area contributed by atoms with Gasteiger partial charge in [0.25, 0.3) is 0 Å². The zero-order valence-electron chi connectivity index (χ0n) is 14.2. The minimum absolute atomic E-state index is 0.199. The lowest BCUT2D eigenvalue weighted by molar-refractivity contribution is 0.148. The van der Waals surface area contributed by atoms with E-state index in [0.29, 0.717) is 18.5 Å². The summed E-state index contributed by atoms with van der Waals surface area (Å²) in [4.78, 5) is 0. The molecule has 2 saturated carbocycles. The molecule has 1 heterocycles. The van der Waals surface area contributed by atoms with Gasteiger partial charge in [0.1, 0.15) is 0 Å². The maximum absolute atomic E-state index is 10.0. The molecule has 2 aromatic rings. The fourth-order valence-corrected chi connectivity index (χ4v) is 3.87. The van der Waals surface area contributed by atoms with Gasteiger partial charge in [0, 0.05) is 24.2 Å². The Morgan fingerprint density at radius 2 is 1.88 bits per heavy atom. The first-order valence-corrected chi connectivity index (χ1v) is 9.33. The van der Waals surface area contributed by atoms with Crippen molar-refractivity contribution in [2.24, 2.45) is 5.92 Å². The van der Waals surface area contributed by atoms with Gasteiger partial charge in [-0.1, -0.05) is 43.2 Å². The van der Waals surface area contributed by atoms with Crippen LogP contribution in [0.1, 0.15) is 50.1 Å². The molecule has 2 N–H and O–H groups in total. The Kier molecular flexibility index (Phi) is 4.67. The average molecular weight is 325 g/mol. The van der Waals surface area contributed by atoms with Gasteiger partial charge in [0.05, 0.1) is 24.0 Å². The minimum atomic E-state index is -0.199. The lowest BCUT2D eigenvalue weighted by Gasteiger charge is -2.16. The van der Waals surface area contributed by atoms with Crippen LogP contribution in [-0.4, -0.2) is 27.5 Å². The van der Waals surface area contributed by atoms with Gasteiger partial charge < -0.3 is 10.4 Å². The molecule has 2 aliphatic rings. The van der Waals surface area contributed by atoms with Crippen molar-refractivity contribution in [2.45, 2.75) is 57.2 Å². The third-order valence-corrected chi connectivity index (χ3v) is 5.42. The number of rotatable bonds is 7. The van der Waals surface area contributed by atoms with Gasteiger partial charge in [-0.3, -0.25) is 4.68 Å². The zero-order valence-corrected chi connectivity index (χ0v) is 14.2. The van der Waals surface area contributed by atoms with E-state index in [1.54, 1.807) is 0 Å². The van der Waals surface area contributed by atoms with Crippen LogP contribution in [0.25, 0.3) is 11.3 Å². The van der Waals surface area contributed by atoms with Crippen LogP contribution in [0.4, 0.5) is 0 Å². The molecular formula is C20H27N3O. The number of hydrogen-bond donors (Lipinski definition) is 2. The summed E-state index contributed by atoms with van der Waals surface area (Å²) in [6.07, 6.45) is 9.24. The van der Waals surface area contributed by atoms with Crippen LogP contribution in [0.15, 0.2) is 36.5 Å². The number of aliphatic hydroxyl groups is 1. The summed E-state index contributed by atoms with van der Waals surface area (Å²) in [5, 5.41) is 18.2. The smallest absolute Gasteiger partial charge is 0.0730 e. The van der Waals surface area contributed by atoms with E-state index >= 15 is 0 Å². The number of aliphatic hydroxyl groups excluding tert-OH is 1. The van der Waals surface area contributed by atoms with E-state index in [1.165, 1.54) is 55.3 Å². The summed E-state index contributed by atoms with van der Waals surface area (Å²) in [6, 6.07) is 11.1. The van der Waals surface area contributed by atoms with Crippen molar-refractivity contribution in [1.29, 1.82) is 0 Å². The molecule has 0 amide bonds. The summed E-state index contributed by atoms with van der Waals surface area (Å²) >= 11 is 0. The minimum Gasteiger partial charge on any atom is -0.392 e. The fourth-order valence-electron chi connectivity index (χ4n) is 3.87. The van der Waals surface area contributed by atoms with Gasteiger partial charge in [0.2, 0.25) is 0 Å². The Morgan fingerprint density at radius 1 is 1.12 bits per heavy atom. The van der Waals surface area contributed by atoms with Crippen LogP contribution < -0.4 is 5.32 Å². The number of benzene rings is 1. The summed E-state index contributed by atoms with van der Waals surface area (Å²) in [6.45, 7) is 1.44. The van der Waals surface area contributed by atoms with Gasteiger partial charge in [-0.2, -0.15) is 5.10 Å². The Balaban J connectivity index is 1.54. The molecule has 0 saturated heterocycles. The van der Waals surface area contributed by atoms with Crippen molar-refractivity contribution in [2.75, 3.05) is 6.54 Å². The SMILES string of the molecule is OC(CNCc1cnn(C2CCCC2)c1-c1ccccc1)C1CC1. The first kappa shape index (κ1) is 15.9. The van der Waals surface area contributed by atoms with E-state index < -0.39 is 0 Å². The second-order valence-corrected chi connectivity index (χ2v) is 7.30. The first-order valence-electron chi connectivity index (χ1n) is 9.33. The second-order valence-electron chi connectivity index (χ2n) is 7.30. The largest absolute Gasteiger partial charge is 0.392 e. The third kappa shape index (κ3) is 3.40. The first-order chi connectivity index (χ1) is 11.8. The average Bonchev–Trinajstić information content (AvgIpc) is 3.16. The van der Waals surface area contributed by atoms with E-state index in [0.717, 1.165) is 6.54 Å². The maximum Gasteiger partial charge on any atom is 0.0730 e. The molecule has 2 fully saturated rings. The summed E-state index contributed by atoms with van der Waals surface area (Å²) in [5.41, 5.74) is 3.72. The number of hydrogen-bond acceptors (Lipinski definition) is 3. The quantitative estimate of drug-likeness (QED) is 0.819. The van der Waals surface area contributed by atoms with Crippen molar-refractivity contribution in [3.8, 4) is 11.3 Å². The van der Waals surface area contributed by atoms with Crippen LogP contribution in [0.2, 0.25) is 0 Å². The topological polar surface area (TPSA) is 50.1 Å². The molecule has 4 heteroatoms. The Bertz CT molecular complexity index is 657. The van der Waals surface area contributed by atoms with Crippen molar-refractivity contribution in [3.63, 3.8) is 0 Å². The lowest BCUT2D eigenvalue weighted by atomic mass is 10.1. The van der Waals surface area contributed by atoms with E-state index in [9.17, 15) is 5.11 Å². The second kappa shape index (κ2) is 7.08. The number of nitrogens with zero attached hydrogens (tertiary/aromatic N) is 2. The zero-order chi connectivity index (χ0) is 16.4. The molecule has 128 valence electrons. The molecule has 2 aliphatic carbocycles. The Labute approximate surface area is 143 Å². The molecular weight excluding hydrogens is 298 g/mol. The molecule has 0 bridgehead atoms. The highest BCUT2D eigenvalue weighted by molar-refractivity contribution is 5.63. The normalized spacial score (nSPS) is 19.7. The monoisotopic (exact) mass is 325 g/mol. The molecule has 0 aliphatic heterocycles. The fraction of sp³-hybridized carbons (Fsp3) is 0.550. The van der Waals surface area contributed by atoms with Crippen LogP contribution in [0, 0.1) is 5.92 Å². The highest BCUT2D eigenvalue weighted by Crippen LogP contribution is 2.35. The molecule has 0 spiro atoms. The predicted octanol–water partition coefficient (Wildman–Crippen LogP) is 3.53. The van der Waals surface area contributed by atoms with Crippen LogP contribution in [0.3, 0.4) is 0 Å². The van der Waals surface area contributed by atoms with Gasteiger partial charge in [0.15, 0.2) is 0 Å². The summed E-state index contributed by atoms with van der Waals surface area (Å²) < 4.78 is 2.25. The summed E-state index contributed by atoms with van der Waals surface area (Å²) in [7, 11) is 0. The molecule has 1 aromatic heterocycles. The number of aromatic nitrogens is 2. The van der Waals surface area contributed by atoms with Gasteiger partial charge in [-0.25, -0.2) is 0 Å². The molecule has 0 radical (unpaired) electrons. The maximum atomic E-state index is 10.0. The molecule has 1 atom stereocenters. The van der Waals surface area contributed by atoms with Crippen molar-refractivity contribution in [1.82, 2.24) is 15.1 Å². The van der Waals surface area contributed by atoms with E-state index in [1.807, 2.05) is 6.20 Å². The Hall–Kier alpha value is -1.65. The lowest BCUT2D eigenvalue weighted by Crippen LogP contribution is -2.27. The summed E-state index contributed by atoms with van der Waals surface area (Å²) in [5.74, 6) is 0.521. The Morgan fingerprint density at radius 3 is 2.58 bits per heavy atom. The van der Waals surface area contributed by atoms with Crippen molar-refractivity contribution in [3.05, 3.63) is 42.1 Å². The van der Waals surface area contributed by atoms with Crippen LogP contribution in [-0.2, 0) is 6.54 Å². The van der Waals surface area contributed by atoms with Crippen LogP contribution >= 0.6 is 0 Å². The van der Waals surface area contributed by atoms with E-state index in [-0.39, 0.29) is 6.10 Å². The molecule has 24 heavy (non-hydrogen) atoms. The standard InChI is InChI=1S/C20H27N3O/c24-19(15-10-11-15)14-21-12-17-13-22-23(18-8-4-5-9-18)20(17)16-6-2-1-3-7-16/h1-3,6-7,13,15,18-19,21,24H,4-5,8-12,14H2. The van der Waals surface area contributed by atoms with Gasteiger partial charge >= 0.3 is 0 Å². The van der Waals surface area contributed by atoms with Gasteiger partial charge in [-0.15, -0.1) is 0 Å². The predicted molar refractivity (Wildman–Crippen MR) is 95.6 cm³/mol. The molecule has 4 nitrogen and oxygen atoms in total. The van der Waals surface area contributed by atoms with E-state index in [4.69, 9.17) is 5.10 Å². The highest BCUT2D eigenvalue weighted by atomic mass is 16.3. The van der Waals surface area contributed by atoms with E-state index in [2.05, 4.69) is 40.3 Å².